The lowest BCUT2D eigenvalue weighted by molar-refractivity contribution is -0.274. The molecule has 22 heteroatoms. The molecule has 15 atom stereocenters. The number of aliphatic hydroxyl groups excluding tert-OH is 9. The number of ether oxygens (including phenoxy) is 4. The van der Waals surface area contributed by atoms with Crippen molar-refractivity contribution in [3.8, 4) is 5.75 Å². The van der Waals surface area contributed by atoms with E-state index in [-0.39, 0.29) is 43.4 Å². The number of methoxy groups -OCH3 is 1. The molecule has 74 heavy (non-hydrogen) atoms. The summed E-state index contributed by atoms with van der Waals surface area (Å²) in [6, 6.07) is 25.9. The van der Waals surface area contributed by atoms with Gasteiger partial charge in [0.05, 0.1) is 52.6 Å². The van der Waals surface area contributed by atoms with Crippen molar-refractivity contribution in [2.75, 3.05) is 29.3 Å². The molecule has 9 rings (SSSR count). The molecule has 21 nitrogen and oxygen atoms in total. The fraction of sp³-hybridized carbons (Fsp3) is 0.462. The van der Waals surface area contributed by atoms with Gasteiger partial charge in [0.1, 0.15) is 42.4 Å². The third-order valence-electron chi connectivity index (χ3n) is 15.6. The average molecular weight is 1040 g/mol. The first-order valence-corrected chi connectivity index (χ1v) is 27.5. The van der Waals surface area contributed by atoms with Gasteiger partial charge in [-0.3, -0.25) is 19.2 Å². The standard InChI is InChI=1S/C52H62N4O17Si/c1-25-46(74(3,4)33-15-13-32(70-2)14-16-33)36(21-37(58)55-23-28-10-6-5-9-27(28)19-31(55)24-57)73-52(25)34-20-30(54-48(66)45-41(62)39(60)43(64)50(68)72-45)12-17-35(34)56(51(52)69)22-26-8-7-11-29(18-26)53-47(65)44-40(61)38(59)42(63)49(67)71-44/h5-18,20,25,31,36,38-46,49-50,57,59-64,67-68H,19,21-24H2,1-4H3,(H,53,65)(H,54,66)/t25-,31+,36+,38+,39+,40+,41+,42-,43-,44+,45+,46-,49-,50-,52+/m1/s1. The van der Waals surface area contributed by atoms with Gasteiger partial charge in [0.2, 0.25) is 5.91 Å². The number of fused-ring (bicyclic) bond motifs is 3. The Kier molecular flexibility index (Phi) is 14.9. The summed E-state index contributed by atoms with van der Waals surface area (Å²) in [5.41, 5.74) is 1.16. The highest BCUT2D eigenvalue weighted by atomic mass is 28.3. The number of hydrogen-bond acceptors (Lipinski definition) is 17. The Morgan fingerprint density at radius 2 is 1.34 bits per heavy atom. The highest BCUT2D eigenvalue weighted by Crippen LogP contribution is 2.60. The van der Waals surface area contributed by atoms with E-state index in [1.54, 1.807) is 42.3 Å². The third kappa shape index (κ3) is 9.41. The maximum atomic E-state index is 15.9. The van der Waals surface area contributed by atoms with Crippen LogP contribution in [0, 0.1) is 5.92 Å². The van der Waals surface area contributed by atoms with Gasteiger partial charge in [-0.2, -0.15) is 0 Å². The highest BCUT2D eigenvalue weighted by Gasteiger charge is 2.67. The van der Waals surface area contributed by atoms with Crippen LogP contribution in [0.3, 0.4) is 0 Å². The minimum atomic E-state index is -2.86. The molecular weight excluding hydrogens is 981 g/mol. The predicted octanol–water partition coefficient (Wildman–Crippen LogP) is -0.729. The Balaban J connectivity index is 1.10. The van der Waals surface area contributed by atoms with Crippen molar-refractivity contribution in [2.45, 2.75) is 131 Å². The summed E-state index contributed by atoms with van der Waals surface area (Å²) >= 11 is 0. The van der Waals surface area contributed by atoms with E-state index < -0.39 is 116 Å². The number of nitrogens with one attached hydrogen (secondary N) is 2. The Morgan fingerprint density at radius 1 is 0.743 bits per heavy atom. The van der Waals surface area contributed by atoms with Gasteiger partial charge in [-0.25, -0.2) is 0 Å². The lowest BCUT2D eigenvalue weighted by Crippen LogP contribution is -2.60. The van der Waals surface area contributed by atoms with E-state index in [1.807, 2.05) is 55.5 Å². The van der Waals surface area contributed by atoms with Gasteiger partial charge in [-0.1, -0.05) is 73.7 Å². The topological polar surface area (TPSA) is 318 Å². The normalized spacial score (nSPS) is 32.7. The molecule has 5 heterocycles. The van der Waals surface area contributed by atoms with Crippen LogP contribution in [0.1, 0.15) is 35.6 Å². The summed E-state index contributed by atoms with van der Waals surface area (Å²) in [6.07, 6.45) is -19.5. The highest BCUT2D eigenvalue weighted by molar-refractivity contribution is 6.91. The van der Waals surface area contributed by atoms with Crippen LogP contribution in [0.25, 0.3) is 0 Å². The zero-order valence-electron chi connectivity index (χ0n) is 41.0. The third-order valence-corrected chi connectivity index (χ3v) is 20.0. The molecule has 1 spiro atoms. The maximum Gasteiger partial charge on any atom is 0.264 e. The number of amides is 4. The molecule has 0 saturated carbocycles. The van der Waals surface area contributed by atoms with Gasteiger partial charge < -0.3 is 85.3 Å². The first-order chi connectivity index (χ1) is 35.2. The lowest BCUT2D eigenvalue weighted by Gasteiger charge is -2.39. The molecule has 3 saturated heterocycles. The number of aliphatic hydroxyl groups is 9. The van der Waals surface area contributed by atoms with Crippen molar-refractivity contribution in [3.63, 3.8) is 0 Å². The van der Waals surface area contributed by atoms with Crippen molar-refractivity contribution >= 4 is 54.0 Å². The van der Waals surface area contributed by atoms with Crippen molar-refractivity contribution in [1.82, 2.24) is 4.90 Å². The monoisotopic (exact) mass is 1040 g/mol. The number of carbonyl (C=O) groups is 4. The Labute approximate surface area is 426 Å². The minimum absolute atomic E-state index is 0.101. The largest absolute Gasteiger partial charge is 0.497 e. The SMILES string of the molecule is COc1ccc([Si](C)(C)[C@H]2[C@H](CC(=O)N3Cc4ccccc4C[C@H]3CO)O[C@@]3(C(=O)N(Cc4cccc(NC(=O)[C@H]5O[C@@H](O)[C@H](O)[C@@H](O)[C@@H]5O)c4)c4ccc(NC(=O)[C@H]5O[C@@H](O)[C@H](O)[C@@H](O)[C@@H]5O)cc43)[C@@H]2C)cc1. The molecule has 4 aromatic rings. The molecule has 0 bridgehead atoms. The van der Waals surface area contributed by atoms with Crippen LogP contribution >= 0.6 is 0 Å². The fourth-order valence-electron chi connectivity index (χ4n) is 11.6. The molecule has 5 aliphatic rings. The van der Waals surface area contributed by atoms with E-state index >= 15 is 4.79 Å². The molecule has 5 aliphatic heterocycles. The summed E-state index contributed by atoms with van der Waals surface area (Å²) < 4.78 is 23.1. The molecule has 0 unspecified atom stereocenters. The average Bonchev–Trinajstić information content (AvgIpc) is 3.85. The van der Waals surface area contributed by atoms with Gasteiger partial charge in [0.15, 0.2) is 30.4 Å². The molecule has 0 aromatic heterocycles. The zero-order chi connectivity index (χ0) is 53.1. The quantitative estimate of drug-likeness (QED) is 0.0780. The first-order valence-electron chi connectivity index (χ1n) is 24.4. The van der Waals surface area contributed by atoms with E-state index in [1.165, 1.54) is 17.0 Å². The van der Waals surface area contributed by atoms with E-state index in [0.29, 0.717) is 29.0 Å². The molecule has 0 radical (unpaired) electrons. The number of anilines is 3. The van der Waals surface area contributed by atoms with E-state index in [9.17, 15) is 60.3 Å². The first kappa shape index (κ1) is 53.1. The van der Waals surface area contributed by atoms with Crippen molar-refractivity contribution in [2.24, 2.45) is 5.92 Å². The Bertz CT molecular complexity index is 2770. The predicted molar refractivity (Wildman–Crippen MR) is 265 cm³/mol. The second-order valence-corrected chi connectivity index (χ2v) is 25.0. The van der Waals surface area contributed by atoms with Crippen molar-refractivity contribution < 1.29 is 84.1 Å². The van der Waals surface area contributed by atoms with Gasteiger partial charge >= 0.3 is 0 Å². The molecule has 4 amide bonds. The maximum absolute atomic E-state index is 15.9. The summed E-state index contributed by atoms with van der Waals surface area (Å²) in [4.78, 5) is 61.0. The number of rotatable bonds is 12. The molecular formula is C52H62N4O17Si. The molecule has 396 valence electrons. The van der Waals surface area contributed by atoms with Crippen molar-refractivity contribution in [1.29, 1.82) is 0 Å². The van der Waals surface area contributed by atoms with Crippen LogP contribution in [-0.4, -0.2) is 170 Å². The van der Waals surface area contributed by atoms with Crippen LogP contribution in [0.4, 0.5) is 17.1 Å². The molecule has 3 fully saturated rings. The van der Waals surface area contributed by atoms with Crippen LogP contribution in [0.15, 0.2) is 91.0 Å². The number of nitrogens with zero attached hydrogens (tertiary/aromatic N) is 2. The van der Waals surface area contributed by atoms with Gasteiger partial charge in [-0.05, 0) is 71.1 Å². The van der Waals surface area contributed by atoms with Crippen molar-refractivity contribution in [3.05, 3.63) is 113 Å². The zero-order valence-corrected chi connectivity index (χ0v) is 42.0. The second kappa shape index (κ2) is 20.8. The number of hydrogen-bond donors (Lipinski definition) is 11. The molecule has 11 N–H and O–H groups in total. The van der Waals surface area contributed by atoms with Gasteiger partial charge in [-0.15, -0.1) is 0 Å². The van der Waals surface area contributed by atoms with E-state index in [0.717, 1.165) is 16.3 Å². The van der Waals surface area contributed by atoms with E-state index in [2.05, 4.69) is 23.7 Å². The van der Waals surface area contributed by atoms with Crippen LogP contribution in [0.5, 0.6) is 5.75 Å². The van der Waals surface area contributed by atoms with E-state index in [4.69, 9.17) is 18.9 Å². The molecule has 4 aromatic carbocycles. The Hall–Kier alpha value is -5.70. The number of benzene rings is 4. The van der Waals surface area contributed by atoms with Crippen LogP contribution in [-0.2, 0) is 58.5 Å². The molecule has 0 aliphatic carbocycles. The minimum Gasteiger partial charge on any atom is -0.497 e. The smallest absolute Gasteiger partial charge is 0.264 e. The fourth-order valence-corrected chi connectivity index (χ4v) is 15.6. The van der Waals surface area contributed by atoms with Gasteiger partial charge in [0, 0.05) is 29.4 Å². The Morgan fingerprint density at radius 3 is 1.93 bits per heavy atom. The summed E-state index contributed by atoms with van der Waals surface area (Å²) in [5.74, 6) is -2.76. The van der Waals surface area contributed by atoms with Crippen LogP contribution in [0.2, 0.25) is 18.6 Å². The summed E-state index contributed by atoms with van der Waals surface area (Å²) in [7, 11) is -1.29. The second-order valence-electron chi connectivity index (χ2n) is 20.3. The lowest BCUT2D eigenvalue weighted by atomic mass is 9.82. The van der Waals surface area contributed by atoms with Gasteiger partial charge in [0.25, 0.3) is 17.7 Å². The summed E-state index contributed by atoms with van der Waals surface area (Å²) in [5, 5.41) is 99.1. The number of carbonyl (C=O) groups excluding carboxylic acids is 4. The summed E-state index contributed by atoms with van der Waals surface area (Å²) in [6.45, 7) is 6.05. The van der Waals surface area contributed by atoms with Crippen LogP contribution < -0.4 is 25.5 Å².